The Morgan fingerprint density at radius 3 is 2.31 bits per heavy atom. The fraction of sp³-hybridized carbons (Fsp3) is 0.727. The van der Waals surface area contributed by atoms with Crippen molar-refractivity contribution in [1.82, 2.24) is 5.32 Å². The van der Waals surface area contributed by atoms with Crippen LogP contribution in [0.1, 0.15) is 34.1 Å². The van der Waals surface area contributed by atoms with E-state index >= 15 is 0 Å². The first-order valence-corrected chi connectivity index (χ1v) is 5.23. The molecule has 0 saturated carbocycles. The first-order valence-electron chi connectivity index (χ1n) is 5.23. The van der Waals surface area contributed by atoms with Gasteiger partial charge in [-0.3, -0.25) is 14.4 Å². The van der Waals surface area contributed by atoms with Crippen LogP contribution < -0.4 is 5.32 Å². The molecule has 0 aromatic heterocycles. The topological polar surface area (TPSA) is 72.5 Å². The number of rotatable bonds is 3. The summed E-state index contributed by atoms with van der Waals surface area (Å²) in [5.74, 6) is -1.40. The van der Waals surface area contributed by atoms with Crippen molar-refractivity contribution in [2.24, 2.45) is 5.92 Å². The summed E-state index contributed by atoms with van der Waals surface area (Å²) in [7, 11) is 0. The molecule has 1 N–H and O–H groups in total. The molecule has 90 valence electrons. The molecule has 0 aromatic rings. The number of Topliss-reactive ketones (excluding diaryl/α,β-unsaturated/α-hetero) is 1. The van der Waals surface area contributed by atoms with E-state index in [4.69, 9.17) is 4.74 Å². The molecule has 0 aliphatic carbocycles. The Morgan fingerprint density at radius 1 is 1.38 bits per heavy atom. The lowest BCUT2D eigenvalue weighted by Crippen LogP contribution is -2.62. The Hall–Kier alpha value is -1.39. The highest BCUT2D eigenvalue weighted by Gasteiger charge is 2.43. The largest absolute Gasteiger partial charge is 0.460 e. The summed E-state index contributed by atoms with van der Waals surface area (Å²) in [6.45, 7) is 6.67. The molecule has 1 rings (SSSR count). The lowest BCUT2D eigenvalue weighted by atomic mass is 9.85. The molecular formula is C11H17NO4. The maximum atomic E-state index is 11.5. The molecule has 1 amide bonds. The Labute approximate surface area is 94.5 Å². The minimum atomic E-state index is -0.566. The fourth-order valence-electron chi connectivity index (χ4n) is 1.57. The van der Waals surface area contributed by atoms with Crippen LogP contribution in [0.2, 0.25) is 0 Å². The Balaban J connectivity index is 2.51. The number of carbonyl (C=O) groups is 3. The van der Waals surface area contributed by atoms with Crippen molar-refractivity contribution in [3.05, 3.63) is 0 Å². The van der Waals surface area contributed by atoms with E-state index in [1.165, 1.54) is 6.92 Å². The van der Waals surface area contributed by atoms with E-state index in [2.05, 4.69) is 5.32 Å². The second-order valence-electron chi connectivity index (χ2n) is 4.99. The maximum absolute atomic E-state index is 11.5. The van der Waals surface area contributed by atoms with E-state index in [0.717, 1.165) is 0 Å². The highest BCUT2D eigenvalue weighted by atomic mass is 16.6. The molecular weight excluding hydrogens is 210 g/mol. The van der Waals surface area contributed by atoms with Crippen molar-refractivity contribution in [3.63, 3.8) is 0 Å². The molecule has 0 radical (unpaired) electrons. The molecule has 0 bridgehead atoms. The molecule has 2 atom stereocenters. The van der Waals surface area contributed by atoms with Crippen LogP contribution in [0.5, 0.6) is 0 Å². The molecule has 5 nitrogen and oxygen atoms in total. The summed E-state index contributed by atoms with van der Waals surface area (Å²) in [6.07, 6.45) is -0.0344. The summed E-state index contributed by atoms with van der Waals surface area (Å²) in [6, 6.07) is -0.528. The number of carbonyl (C=O) groups excluding carboxylic acids is 3. The van der Waals surface area contributed by atoms with E-state index in [-0.39, 0.29) is 18.1 Å². The number of ether oxygens (including phenoxy) is 1. The van der Waals surface area contributed by atoms with Crippen molar-refractivity contribution >= 4 is 17.7 Å². The molecule has 5 heteroatoms. The third-order valence-electron chi connectivity index (χ3n) is 2.28. The number of esters is 1. The van der Waals surface area contributed by atoms with Crippen LogP contribution in [0.25, 0.3) is 0 Å². The van der Waals surface area contributed by atoms with Crippen molar-refractivity contribution in [2.45, 2.75) is 45.8 Å². The van der Waals surface area contributed by atoms with Gasteiger partial charge in [0.05, 0.1) is 18.4 Å². The molecule has 1 heterocycles. The molecule has 0 unspecified atom stereocenters. The maximum Gasteiger partial charge on any atom is 0.307 e. The van der Waals surface area contributed by atoms with Gasteiger partial charge in [-0.15, -0.1) is 0 Å². The van der Waals surface area contributed by atoms with Crippen LogP contribution >= 0.6 is 0 Å². The van der Waals surface area contributed by atoms with Crippen molar-refractivity contribution in [2.75, 3.05) is 0 Å². The van der Waals surface area contributed by atoms with E-state index < -0.39 is 23.5 Å². The Morgan fingerprint density at radius 2 is 1.94 bits per heavy atom. The number of hydrogen-bond acceptors (Lipinski definition) is 4. The van der Waals surface area contributed by atoms with Gasteiger partial charge in [0.2, 0.25) is 5.91 Å². The van der Waals surface area contributed by atoms with Gasteiger partial charge in [0, 0.05) is 0 Å². The fourth-order valence-corrected chi connectivity index (χ4v) is 1.57. The number of amides is 1. The summed E-state index contributed by atoms with van der Waals surface area (Å²) in [5, 5.41) is 2.46. The van der Waals surface area contributed by atoms with Gasteiger partial charge < -0.3 is 10.1 Å². The quantitative estimate of drug-likeness (QED) is 0.560. The molecule has 1 aliphatic heterocycles. The second kappa shape index (κ2) is 4.23. The SMILES string of the molecule is CC(=O)[C@H]1NC(=O)[C@@H]1CC(=O)OC(C)(C)C. The van der Waals surface area contributed by atoms with Gasteiger partial charge in [0.25, 0.3) is 0 Å². The van der Waals surface area contributed by atoms with Crippen LogP contribution in [-0.2, 0) is 19.1 Å². The molecule has 1 fully saturated rings. The highest BCUT2D eigenvalue weighted by Crippen LogP contribution is 2.21. The zero-order valence-corrected chi connectivity index (χ0v) is 9.99. The van der Waals surface area contributed by atoms with Crippen LogP contribution in [0.3, 0.4) is 0 Å². The summed E-state index contributed by atoms with van der Waals surface area (Å²) < 4.78 is 5.09. The van der Waals surface area contributed by atoms with Crippen molar-refractivity contribution in [1.29, 1.82) is 0 Å². The Kier molecular flexibility index (Phi) is 3.35. The second-order valence-corrected chi connectivity index (χ2v) is 4.99. The van der Waals surface area contributed by atoms with Gasteiger partial charge in [-0.2, -0.15) is 0 Å². The average molecular weight is 227 g/mol. The molecule has 16 heavy (non-hydrogen) atoms. The smallest absolute Gasteiger partial charge is 0.307 e. The van der Waals surface area contributed by atoms with E-state index in [0.29, 0.717) is 0 Å². The van der Waals surface area contributed by atoms with Gasteiger partial charge in [0.1, 0.15) is 5.60 Å². The summed E-state index contributed by atoms with van der Waals surface area (Å²) >= 11 is 0. The van der Waals surface area contributed by atoms with E-state index in [1.807, 2.05) is 0 Å². The van der Waals surface area contributed by atoms with Gasteiger partial charge in [-0.05, 0) is 27.7 Å². The molecule has 0 aromatic carbocycles. The van der Waals surface area contributed by atoms with Crippen LogP contribution in [0.4, 0.5) is 0 Å². The first kappa shape index (κ1) is 12.7. The number of β-lactam (4-membered cyclic amide) rings is 1. The lowest BCUT2D eigenvalue weighted by Gasteiger charge is -2.34. The van der Waals surface area contributed by atoms with Gasteiger partial charge in [-0.1, -0.05) is 0 Å². The van der Waals surface area contributed by atoms with E-state index in [1.54, 1.807) is 20.8 Å². The highest BCUT2D eigenvalue weighted by molar-refractivity contribution is 6.00. The monoisotopic (exact) mass is 227 g/mol. The number of hydrogen-bond donors (Lipinski definition) is 1. The summed E-state index contributed by atoms with van der Waals surface area (Å²) in [4.78, 5) is 33.7. The van der Waals surface area contributed by atoms with Crippen molar-refractivity contribution < 1.29 is 19.1 Å². The Bertz CT molecular complexity index is 329. The molecule has 1 aliphatic rings. The number of ketones is 1. The first-order chi connectivity index (χ1) is 7.20. The number of nitrogens with one attached hydrogen (secondary N) is 1. The summed E-state index contributed by atoms with van der Waals surface area (Å²) in [5.41, 5.74) is -0.566. The standard InChI is InChI=1S/C11H17NO4/c1-6(13)9-7(10(15)12-9)5-8(14)16-11(2,3)4/h7,9H,5H2,1-4H3,(H,12,15)/t7-,9-/m1/s1. The van der Waals surface area contributed by atoms with Gasteiger partial charge >= 0.3 is 5.97 Å². The van der Waals surface area contributed by atoms with Crippen LogP contribution in [-0.4, -0.2) is 29.3 Å². The normalized spacial score (nSPS) is 24.4. The zero-order chi connectivity index (χ0) is 12.5. The van der Waals surface area contributed by atoms with Crippen LogP contribution in [0, 0.1) is 5.92 Å². The van der Waals surface area contributed by atoms with Crippen molar-refractivity contribution in [3.8, 4) is 0 Å². The van der Waals surface area contributed by atoms with Gasteiger partial charge in [0.15, 0.2) is 5.78 Å². The third kappa shape index (κ3) is 3.05. The average Bonchev–Trinajstić information content (AvgIpc) is 2.07. The third-order valence-corrected chi connectivity index (χ3v) is 2.28. The predicted molar refractivity (Wildman–Crippen MR) is 56.6 cm³/mol. The zero-order valence-electron chi connectivity index (χ0n) is 9.99. The minimum absolute atomic E-state index is 0.0344. The van der Waals surface area contributed by atoms with Crippen LogP contribution in [0.15, 0.2) is 0 Å². The lowest BCUT2D eigenvalue weighted by molar-refractivity contribution is -0.160. The van der Waals surface area contributed by atoms with E-state index in [9.17, 15) is 14.4 Å². The molecule has 0 spiro atoms. The minimum Gasteiger partial charge on any atom is -0.460 e. The predicted octanol–water partition coefficient (Wildman–Crippen LogP) is 0.422. The molecule has 1 saturated heterocycles. The van der Waals surface area contributed by atoms with Gasteiger partial charge in [-0.25, -0.2) is 0 Å².